The van der Waals surface area contributed by atoms with Gasteiger partial charge in [-0.05, 0) is 12.1 Å². The van der Waals surface area contributed by atoms with Crippen LogP contribution in [0.4, 0.5) is 13.2 Å². The molecule has 0 bridgehead atoms. The van der Waals surface area contributed by atoms with Crippen molar-refractivity contribution < 1.29 is 31.1 Å². The van der Waals surface area contributed by atoms with E-state index >= 15 is 0 Å². The van der Waals surface area contributed by atoms with Crippen LogP contribution in [0.15, 0.2) is 35.6 Å². The Balaban J connectivity index is 2.24. The second-order valence-electron chi connectivity index (χ2n) is 5.60. The van der Waals surface area contributed by atoms with Crippen LogP contribution in [0.25, 0.3) is 17.0 Å². The number of carbonyl (C=O) groups is 1. The number of aromatic nitrogens is 4. The van der Waals surface area contributed by atoms with E-state index in [0.717, 1.165) is 19.5 Å². The van der Waals surface area contributed by atoms with Gasteiger partial charge in [-0.1, -0.05) is 6.92 Å². The number of hydrogen-bond donors (Lipinski definition) is 0. The molecule has 0 N–H and O–H groups in total. The van der Waals surface area contributed by atoms with Crippen LogP contribution in [0.3, 0.4) is 0 Å². The van der Waals surface area contributed by atoms with E-state index < -0.39 is 27.7 Å². The standard InChI is InChI=1S/C16H13F3N4O4S/c1-3-28(25,26)11-5-4-9(15(24)27-2)22-14(11)10-7-23-8-20-12(16(17,18)19)6-13(23)21-10/h4-8H,3H2,1-2H3. The lowest BCUT2D eigenvalue weighted by Crippen LogP contribution is -2.11. The molecule has 28 heavy (non-hydrogen) atoms. The molecule has 0 amide bonds. The van der Waals surface area contributed by atoms with Gasteiger partial charge in [-0.3, -0.25) is 4.40 Å². The number of rotatable bonds is 4. The lowest BCUT2D eigenvalue weighted by molar-refractivity contribution is -0.141. The van der Waals surface area contributed by atoms with Gasteiger partial charge in [0.2, 0.25) is 0 Å². The summed E-state index contributed by atoms with van der Waals surface area (Å²) in [6.45, 7) is 1.43. The molecule has 0 radical (unpaired) electrons. The topological polar surface area (TPSA) is 104 Å². The van der Waals surface area contributed by atoms with Gasteiger partial charge in [-0.2, -0.15) is 13.2 Å². The van der Waals surface area contributed by atoms with E-state index in [1.54, 1.807) is 0 Å². The van der Waals surface area contributed by atoms with Crippen molar-refractivity contribution in [2.24, 2.45) is 0 Å². The van der Waals surface area contributed by atoms with Crippen LogP contribution in [0.1, 0.15) is 23.1 Å². The third kappa shape index (κ3) is 3.54. The smallest absolute Gasteiger partial charge is 0.433 e. The van der Waals surface area contributed by atoms with Crippen LogP contribution in [0.5, 0.6) is 0 Å². The SMILES string of the molecule is CCS(=O)(=O)c1ccc(C(=O)OC)nc1-c1cn2cnc(C(F)(F)F)cc2n1. The summed E-state index contributed by atoms with van der Waals surface area (Å²) in [6, 6.07) is 3.11. The summed E-state index contributed by atoms with van der Waals surface area (Å²) < 4.78 is 69.1. The molecule has 0 aliphatic rings. The summed E-state index contributed by atoms with van der Waals surface area (Å²) in [5, 5.41) is 0. The van der Waals surface area contributed by atoms with Gasteiger partial charge in [0.05, 0.1) is 17.8 Å². The van der Waals surface area contributed by atoms with Crippen LogP contribution in [-0.4, -0.2) is 46.6 Å². The molecule has 0 fully saturated rings. The third-order valence-electron chi connectivity index (χ3n) is 3.85. The van der Waals surface area contributed by atoms with E-state index in [4.69, 9.17) is 0 Å². The number of carbonyl (C=O) groups excluding carboxylic acids is 1. The first-order chi connectivity index (χ1) is 13.1. The molecule has 8 nitrogen and oxygen atoms in total. The summed E-state index contributed by atoms with van der Waals surface area (Å²) in [6.07, 6.45) is -2.47. The van der Waals surface area contributed by atoms with Crippen molar-refractivity contribution in [2.75, 3.05) is 12.9 Å². The van der Waals surface area contributed by atoms with Crippen molar-refractivity contribution in [2.45, 2.75) is 18.0 Å². The molecule has 0 aliphatic carbocycles. The summed E-state index contributed by atoms with van der Waals surface area (Å²) >= 11 is 0. The summed E-state index contributed by atoms with van der Waals surface area (Å²) in [7, 11) is -2.62. The zero-order chi connectivity index (χ0) is 20.7. The fraction of sp³-hybridized carbons (Fsp3) is 0.250. The molecule has 3 heterocycles. The Labute approximate surface area is 156 Å². The molecule has 0 aliphatic heterocycles. The minimum absolute atomic E-state index is 0.0288. The van der Waals surface area contributed by atoms with E-state index in [0.29, 0.717) is 0 Å². The number of hydrogen-bond acceptors (Lipinski definition) is 7. The molecular weight excluding hydrogens is 401 g/mol. The molecule has 0 atom stereocenters. The van der Waals surface area contributed by atoms with E-state index in [9.17, 15) is 26.4 Å². The molecule has 0 spiro atoms. The Kier molecular flexibility index (Phi) is 4.83. The average Bonchev–Trinajstić information content (AvgIpc) is 3.09. The summed E-state index contributed by atoms with van der Waals surface area (Å²) in [5.41, 5.74) is -1.61. The minimum atomic E-state index is -4.66. The number of fused-ring (bicyclic) bond motifs is 1. The van der Waals surface area contributed by atoms with Gasteiger partial charge in [0.15, 0.2) is 9.84 Å². The molecule has 0 unspecified atom stereocenters. The average molecular weight is 414 g/mol. The van der Waals surface area contributed by atoms with Crippen molar-refractivity contribution in [1.29, 1.82) is 0 Å². The fourth-order valence-electron chi connectivity index (χ4n) is 2.41. The van der Waals surface area contributed by atoms with Gasteiger partial charge >= 0.3 is 12.1 Å². The van der Waals surface area contributed by atoms with Crippen molar-refractivity contribution in [3.63, 3.8) is 0 Å². The molecular formula is C16H13F3N4O4S. The maximum Gasteiger partial charge on any atom is 0.433 e. The zero-order valence-corrected chi connectivity index (χ0v) is 15.4. The molecule has 148 valence electrons. The van der Waals surface area contributed by atoms with E-state index in [2.05, 4.69) is 19.7 Å². The molecule has 12 heteroatoms. The van der Waals surface area contributed by atoms with Gasteiger partial charge in [0.1, 0.15) is 34.8 Å². The van der Waals surface area contributed by atoms with Gasteiger partial charge in [-0.15, -0.1) is 0 Å². The predicted molar refractivity (Wildman–Crippen MR) is 90.3 cm³/mol. The number of ether oxygens (including phenoxy) is 1. The number of alkyl halides is 3. The first kappa shape index (κ1) is 19.7. The van der Waals surface area contributed by atoms with Gasteiger partial charge < -0.3 is 4.74 Å². The Bertz CT molecular complexity index is 1170. The van der Waals surface area contributed by atoms with E-state index in [1.165, 1.54) is 29.7 Å². The number of imidazole rings is 1. The van der Waals surface area contributed by atoms with Crippen molar-refractivity contribution >= 4 is 21.5 Å². The Morgan fingerprint density at radius 1 is 1.25 bits per heavy atom. The monoisotopic (exact) mass is 414 g/mol. The fourth-order valence-corrected chi connectivity index (χ4v) is 3.45. The number of nitrogens with zero attached hydrogens (tertiary/aromatic N) is 4. The summed E-state index contributed by atoms with van der Waals surface area (Å²) in [4.78, 5) is 22.9. The van der Waals surface area contributed by atoms with E-state index in [-0.39, 0.29) is 33.4 Å². The normalized spacial score (nSPS) is 12.3. The Morgan fingerprint density at radius 2 is 1.96 bits per heavy atom. The number of pyridine rings is 1. The third-order valence-corrected chi connectivity index (χ3v) is 5.61. The first-order valence-electron chi connectivity index (χ1n) is 7.81. The number of sulfone groups is 1. The molecule has 0 saturated heterocycles. The summed E-state index contributed by atoms with van der Waals surface area (Å²) in [5.74, 6) is -1.04. The largest absolute Gasteiger partial charge is 0.464 e. The van der Waals surface area contributed by atoms with Crippen LogP contribution >= 0.6 is 0 Å². The van der Waals surface area contributed by atoms with Crippen LogP contribution in [0.2, 0.25) is 0 Å². The predicted octanol–water partition coefficient (Wildman–Crippen LogP) is 2.39. The van der Waals surface area contributed by atoms with Crippen molar-refractivity contribution in [1.82, 2.24) is 19.4 Å². The minimum Gasteiger partial charge on any atom is -0.464 e. The maximum atomic E-state index is 12.8. The second kappa shape index (κ2) is 6.86. The highest BCUT2D eigenvalue weighted by atomic mass is 32.2. The highest BCUT2D eigenvalue weighted by Crippen LogP contribution is 2.30. The van der Waals surface area contributed by atoms with Gasteiger partial charge in [0, 0.05) is 12.3 Å². The van der Waals surface area contributed by atoms with Gasteiger partial charge in [0.25, 0.3) is 0 Å². The lowest BCUT2D eigenvalue weighted by atomic mass is 10.2. The highest BCUT2D eigenvalue weighted by Gasteiger charge is 2.33. The second-order valence-corrected chi connectivity index (χ2v) is 7.85. The molecule has 3 aromatic rings. The molecule has 3 rings (SSSR count). The van der Waals surface area contributed by atoms with Crippen LogP contribution in [0, 0.1) is 0 Å². The number of methoxy groups -OCH3 is 1. The quantitative estimate of drug-likeness (QED) is 0.604. The van der Waals surface area contributed by atoms with Crippen molar-refractivity contribution in [3.05, 3.63) is 42.1 Å². The molecule has 0 saturated carbocycles. The molecule has 0 aromatic carbocycles. The number of esters is 1. The van der Waals surface area contributed by atoms with Gasteiger partial charge in [-0.25, -0.2) is 28.2 Å². The van der Waals surface area contributed by atoms with Crippen LogP contribution < -0.4 is 0 Å². The first-order valence-corrected chi connectivity index (χ1v) is 9.46. The lowest BCUT2D eigenvalue weighted by Gasteiger charge is -2.08. The van der Waals surface area contributed by atoms with Crippen molar-refractivity contribution in [3.8, 4) is 11.4 Å². The van der Waals surface area contributed by atoms with E-state index in [1.807, 2.05) is 0 Å². The maximum absolute atomic E-state index is 12.8. The highest BCUT2D eigenvalue weighted by molar-refractivity contribution is 7.91. The Morgan fingerprint density at radius 3 is 2.57 bits per heavy atom. The number of halogens is 3. The van der Waals surface area contributed by atoms with Crippen LogP contribution in [-0.2, 0) is 20.8 Å². The molecule has 3 aromatic heterocycles. The zero-order valence-electron chi connectivity index (χ0n) is 14.6. The Hall–Kier alpha value is -3.02.